The third-order valence-electron chi connectivity index (χ3n) is 4.75. The molecule has 7 heteroatoms. The largest absolute Gasteiger partial charge is 0.462 e. The van der Waals surface area contributed by atoms with Gasteiger partial charge in [0.15, 0.2) is 0 Å². The van der Waals surface area contributed by atoms with Gasteiger partial charge in [-0.05, 0) is 42.8 Å². The van der Waals surface area contributed by atoms with Gasteiger partial charge in [0.25, 0.3) is 0 Å². The quantitative estimate of drug-likeness (QED) is 0.213. The van der Waals surface area contributed by atoms with Crippen LogP contribution < -0.4 is 5.32 Å². The zero-order valence-electron chi connectivity index (χ0n) is 17.8. The molecule has 0 fully saturated rings. The Morgan fingerprint density at radius 2 is 1.97 bits per heavy atom. The number of halogens is 1. The number of anilines is 1. The van der Waals surface area contributed by atoms with Crippen LogP contribution in [0.3, 0.4) is 0 Å². The molecule has 3 rings (SSSR count). The highest BCUT2D eigenvalue weighted by molar-refractivity contribution is 7.11. The maximum atomic E-state index is 13.1. The van der Waals surface area contributed by atoms with Crippen molar-refractivity contribution in [2.24, 2.45) is 0 Å². The molecule has 5 nitrogen and oxygen atoms in total. The molecule has 2 aromatic carbocycles. The lowest BCUT2D eigenvalue weighted by Crippen LogP contribution is -2.09. The van der Waals surface area contributed by atoms with Crippen molar-refractivity contribution in [3.8, 4) is 17.3 Å². The van der Waals surface area contributed by atoms with E-state index < -0.39 is 5.97 Å². The molecule has 164 valence electrons. The van der Waals surface area contributed by atoms with Gasteiger partial charge in [0, 0.05) is 17.1 Å². The molecule has 3 aromatic rings. The Balaban J connectivity index is 1.70. The maximum absolute atomic E-state index is 13.1. The Kier molecular flexibility index (Phi) is 8.52. The number of unbranched alkanes of at least 4 members (excludes halogenated alkanes) is 3. The molecular weight excluding hydrogens is 425 g/mol. The first-order valence-electron chi connectivity index (χ1n) is 10.5. The summed E-state index contributed by atoms with van der Waals surface area (Å²) in [4.78, 5) is 17.0. The molecule has 0 aliphatic rings. The molecule has 0 aliphatic carbocycles. The Morgan fingerprint density at radius 1 is 1.19 bits per heavy atom. The number of rotatable bonds is 10. The Morgan fingerprint density at radius 3 is 2.72 bits per heavy atom. The van der Waals surface area contributed by atoms with Crippen molar-refractivity contribution in [3.63, 3.8) is 0 Å². The zero-order chi connectivity index (χ0) is 22.8. The Bertz CT molecular complexity index is 1120. The normalized spacial score (nSPS) is 11.1. The number of carbonyl (C=O) groups is 1. The number of nitrogens with zero attached hydrogens (tertiary/aromatic N) is 2. The van der Waals surface area contributed by atoms with Crippen molar-refractivity contribution < 1.29 is 13.9 Å². The third kappa shape index (κ3) is 6.25. The van der Waals surface area contributed by atoms with E-state index in [9.17, 15) is 14.4 Å². The van der Waals surface area contributed by atoms with E-state index in [4.69, 9.17) is 4.74 Å². The molecule has 1 heterocycles. The van der Waals surface area contributed by atoms with Crippen LogP contribution in [0.2, 0.25) is 0 Å². The Hall–Kier alpha value is -3.50. The summed E-state index contributed by atoms with van der Waals surface area (Å²) in [6.07, 6.45) is 5.65. The second-order valence-electron chi connectivity index (χ2n) is 7.10. The van der Waals surface area contributed by atoms with Gasteiger partial charge >= 0.3 is 5.97 Å². The van der Waals surface area contributed by atoms with Gasteiger partial charge in [0.1, 0.15) is 22.5 Å². The molecule has 1 aromatic heterocycles. The summed E-state index contributed by atoms with van der Waals surface area (Å²) < 4.78 is 18.5. The van der Waals surface area contributed by atoms with Crippen LogP contribution in [0, 0.1) is 17.1 Å². The predicted molar refractivity (Wildman–Crippen MR) is 126 cm³/mol. The number of allylic oxidation sites excluding steroid dienone is 1. The fourth-order valence-corrected chi connectivity index (χ4v) is 3.80. The van der Waals surface area contributed by atoms with E-state index in [1.54, 1.807) is 36.4 Å². The van der Waals surface area contributed by atoms with E-state index in [0.29, 0.717) is 34.1 Å². The van der Waals surface area contributed by atoms with Crippen molar-refractivity contribution in [2.75, 3.05) is 11.9 Å². The monoisotopic (exact) mass is 449 g/mol. The number of esters is 1. The summed E-state index contributed by atoms with van der Waals surface area (Å²) in [5.41, 5.74) is 2.72. The zero-order valence-corrected chi connectivity index (χ0v) is 18.6. The average molecular weight is 450 g/mol. The molecule has 0 atom stereocenters. The number of ether oxygens (including phenoxy) is 1. The lowest BCUT2D eigenvalue weighted by atomic mass is 10.1. The summed E-state index contributed by atoms with van der Waals surface area (Å²) in [6.45, 7) is 2.52. The Labute approximate surface area is 191 Å². The standard InChI is InChI=1S/C25H24FN3O2S/c1-2-3-4-7-14-31-25(30)21-8-5-6-9-22(21)28-16-19(15-27)24-29-23(17-32-24)18-10-12-20(26)13-11-18/h5-6,8-13,16-17,28H,2-4,7,14H2,1H3/b19-16+. The van der Waals surface area contributed by atoms with Crippen molar-refractivity contribution in [2.45, 2.75) is 32.6 Å². The van der Waals surface area contributed by atoms with Gasteiger partial charge in [-0.2, -0.15) is 5.26 Å². The molecule has 0 saturated heterocycles. The highest BCUT2D eigenvalue weighted by Crippen LogP contribution is 2.26. The number of aromatic nitrogens is 1. The molecule has 0 aliphatic heterocycles. The van der Waals surface area contributed by atoms with E-state index in [1.807, 2.05) is 5.38 Å². The van der Waals surface area contributed by atoms with Crippen molar-refractivity contribution >= 4 is 28.6 Å². The second kappa shape index (κ2) is 11.8. The van der Waals surface area contributed by atoms with E-state index in [2.05, 4.69) is 23.3 Å². The van der Waals surface area contributed by atoms with Gasteiger partial charge in [-0.1, -0.05) is 38.3 Å². The van der Waals surface area contributed by atoms with Crippen molar-refractivity contribution in [1.29, 1.82) is 5.26 Å². The minimum Gasteiger partial charge on any atom is -0.462 e. The lowest BCUT2D eigenvalue weighted by Gasteiger charge is -2.09. The first-order valence-corrected chi connectivity index (χ1v) is 11.3. The molecular formula is C25H24FN3O2S. The second-order valence-corrected chi connectivity index (χ2v) is 7.96. The number of benzene rings is 2. The predicted octanol–water partition coefficient (Wildman–Crippen LogP) is 6.66. The van der Waals surface area contributed by atoms with E-state index in [1.165, 1.54) is 29.7 Å². The van der Waals surface area contributed by atoms with Crippen LogP contribution in [-0.2, 0) is 4.74 Å². The number of nitrogens with one attached hydrogen (secondary N) is 1. The summed E-state index contributed by atoms with van der Waals surface area (Å²) in [7, 11) is 0. The number of hydrogen-bond donors (Lipinski definition) is 1. The third-order valence-corrected chi connectivity index (χ3v) is 5.62. The average Bonchev–Trinajstić information content (AvgIpc) is 3.30. The van der Waals surface area contributed by atoms with Gasteiger partial charge < -0.3 is 10.1 Å². The summed E-state index contributed by atoms with van der Waals surface area (Å²) in [5.74, 6) is -0.714. The van der Waals surface area contributed by atoms with E-state index in [0.717, 1.165) is 31.2 Å². The molecule has 1 N–H and O–H groups in total. The van der Waals surface area contributed by atoms with Gasteiger partial charge in [-0.3, -0.25) is 0 Å². The summed E-state index contributed by atoms with van der Waals surface area (Å²) in [6, 6.07) is 15.2. The maximum Gasteiger partial charge on any atom is 0.340 e. The minimum absolute atomic E-state index is 0.316. The smallest absolute Gasteiger partial charge is 0.340 e. The first-order chi connectivity index (χ1) is 15.6. The van der Waals surface area contributed by atoms with Crippen LogP contribution in [0.5, 0.6) is 0 Å². The molecule has 0 amide bonds. The number of para-hydroxylation sites is 1. The molecule has 32 heavy (non-hydrogen) atoms. The van der Waals surface area contributed by atoms with E-state index >= 15 is 0 Å². The number of hydrogen-bond acceptors (Lipinski definition) is 6. The molecule has 0 spiro atoms. The number of thiazole rings is 1. The van der Waals surface area contributed by atoms with Gasteiger partial charge in [-0.25, -0.2) is 14.2 Å². The van der Waals surface area contributed by atoms with Crippen molar-refractivity contribution in [1.82, 2.24) is 4.98 Å². The van der Waals surface area contributed by atoms with E-state index in [-0.39, 0.29) is 5.82 Å². The summed E-state index contributed by atoms with van der Waals surface area (Å²) in [5, 5.41) is 15.0. The van der Waals surface area contributed by atoms with Gasteiger partial charge in [0.05, 0.1) is 23.6 Å². The molecule has 0 radical (unpaired) electrons. The van der Waals surface area contributed by atoms with Crippen LogP contribution in [0.25, 0.3) is 16.8 Å². The van der Waals surface area contributed by atoms with Crippen LogP contribution in [0.15, 0.2) is 60.1 Å². The van der Waals surface area contributed by atoms with Crippen LogP contribution in [0.4, 0.5) is 10.1 Å². The molecule has 0 bridgehead atoms. The van der Waals surface area contributed by atoms with Gasteiger partial charge in [0.2, 0.25) is 0 Å². The minimum atomic E-state index is -0.399. The van der Waals surface area contributed by atoms with Crippen molar-refractivity contribution in [3.05, 3.63) is 76.5 Å². The lowest BCUT2D eigenvalue weighted by molar-refractivity contribution is 0.0499. The fraction of sp³-hybridized carbons (Fsp3) is 0.240. The van der Waals surface area contributed by atoms with Crippen LogP contribution in [-0.4, -0.2) is 17.6 Å². The highest BCUT2D eigenvalue weighted by Gasteiger charge is 2.13. The number of nitriles is 1. The molecule has 0 unspecified atom stereocenters. The number of carbonyl (C=O) groups excluding carboxylic acids is 1. The SMILES string of the molecule is CCCCCCOC(=O)c1ccccc1N/C=C(\C#N)c1nc(-c2ccc(F)cc2)cs1. The fourth-order valence-electron chi connectivity index (χ4n) is 3.00. The van der Waals surface area contributed by atoms with Crippen LogP contribution in [0.1, 0.15) is 48.0 Å². The highest BCUT2D eigenvalue weighted by atomic mass is 32.1. The first kappa shape index (κ1) is 23.2. The van der Waals surface area contributed by atoms with Gasteiger partial charge in [-0.15, -0.1) is 11.3 Å². The van der Waals surface area contributed by atoms with Crippen LogP contribution >= 0.6 is 11.3 Å². The summed E-state index contributed by atoms with van der Waals surface area (Å²) >= 11 is 1.32. The molecule has 0 saturated carbocycles. The topological polar surface area (TPSA) is 75.0 Å².